The molecular formula is C15H21ClN2O4. The first-order chi connectivity index (χ1) is 10.3. The van der Waals surface area contributed by atoms with E-state index in [0.717, 1.165) is 5.56 Å². The number of carboxylic acids is 1. The van der Waals surface area contributed by atoms with Gasteiger partial charge in [-0.05, 0) is 17.7 Å². The number of urea groups is 1. The standard InChI is InChI=1S/C15H21ClN2O4/c1-10(14(19)20)8-18(2)15(21)17-13(9-22-3)11-4-6-12(16)7-5-11/h4-7,10,13H,8-9H2,1-3H3,(H,17,21)(H,19,20). The van der Waals surface area contributed by atoms with E-state index in [4.69, 9.17) is 21.4 Å². The summed E-state index contributed by atoms with van der Waals surface area (Å²) in [6.07, 6.45) is 0. The minimum absolute atomic E-state index is 0.126. The number of halogens is 1. The number of rotatable bonds is 7. The van der Waals surface area contributed by atoms with Gasteiger partial charge in [-0.25, -0.2) is 4.79 Å². The Labute approximate surface area is 135 Å². The third-order valence-electron chi connectivity index (χ3n) is 3.22. The van der Waals surface area contributed by atoms with Crippen LogP contribution in [0.5, 0.6) is 0 Å². The van der Waals surface area contributed by atoms with Crippen molar-refractivity contribution < 1.29 is 19.4 Å². The number of methoxy groups -OCH3 is 1. The highest BCUT2D eigenvalue weighted by molar-refractivity contribution is 6.30. The van der Waals surface area contributed by atoms with Crippen LogP contribution >= 0.6 is 11.6 Å². The van der Waals surface area contributed by atoms with Crippen LogP contribution in [0.3, 0.4) is 0 Å². The van der Waals surface area contributed by atoms with Crippen molar-refractivity contribution in [2.24, 2.45) is 5.92 Å². The van der Waals surface area contributed by atoms with Crippen molar-refractivity contribution in [1.82, 2.24) is 10.2 Å². The summed E-state index contributed by atoms with van der Waals surface area (Å²) in [4.78, 5) is 24.4. The van der Waals surface area contributed by atoms with E-state index in [1.165, 1.54) is 4.90 Å². The van der Waals surface area contributed by atoms with E-state index >= 15 is 0 Å². The van der Waals surface area contributed by atoms with Gasteiger partial charge >= 0.3 is 12.0 Å². The lowest BCUT2D eigenvalue weighted by Gasteiger charge is -2.24. The molecule has 0 heterocycles. The fraction of sp³-hybridized carbons (Fsp3) is 0.467. The highest BCUT2D eigenvalue weighted by Gasteiger charge is 2.20. The maximum absolute atomic E-state index is 12.2. The zero-order chi connectivity index (χ0) is 16.7. The summed E-state index contributed by atoms with van der Waals surface area (Å²) in [6, 6.07) is 6.41. The Bertz CT molecular complexity index is 507. The van der Waals surface area contributed by atoms with Crippen molar-refractivity contribution in [1.29, 1.82) is 0 Å². The SMILES string of the molecule is COCC(NC(=O)N(C)CC(C)C(=O)O)c1ccc(Cl)cc1. The van der Waals surface area contributed by atoms with Gasteiger partial charge in [0, 0.05) is 25.7 Å². The number of hydrogen-bond donors (Lipinski definition) is 2. The molecule has 1 rings (SSSR count). The third kappa shape index (κ3) is 5.54. The van der Waals surface area contributed by atoms with Gasteiger partial charge in [-0.2, -0.15) is 0 Å². The van der Waals surface area contributed by atoms with Crippen molar-refractivity contribution in [3.05, 3.63) is 34.9 Å². The molecule has 22 heavy (non-hydrogen) atoms. The fourth-order valence-electron chi connectivity index (χ4n) is 1.91. The quantitative estimate of drug-likeness (QED) is 0.805. The van der Waals surface area contributed by atoms with Crippen LogP contribution in [0.15, 0.2) is 24.3 Å². The van der Waals surface area contributed by atoms with E-state index in [2.05, 4.69) is 5.32 Å². The Morgan fingerprint density at radius 3 is 2.45 bits per heavy atom. The number of hydrogen-bond acceptors (Lipinski definition) is 3. The molecule has 2 atom stereocenters. The maximum Gasteiger partial charge on any atom is 0.317 e. The smallest absolute Gasteiger partial charge is 0.317 e. The molecule has 0 aliphatic rings. The fourth-order valence-corrected chi connectivity index (χ4v) is 2.04. The van der Waals surface area contributed by atoms with Crippen LogP contribution in [0, 0.1) is 5.92 Å². The summed E-state index contributed by atoms with van der Waals surface area (Å²) in [5, 5.41) is 12.3. The van der Waals surface area contributed by atoms with Crippen molar-refractivity contribution in [3.8, 4) is 0 Å². The first-order valence-corrected chi connectivity index (χ1v) is 7.21. The molecule has 0 aliphatic heterocycles. The molecule has 6 nitrogen and oxygen atoms in total. The average molecular weight is 329 g/mol. The molecule has 0 fully saturated rings. The number of nitrogens with one attached hydrogen (secondary N) is 1. The summed E-state index contributed by atoms with van der Waals surface area (Å²) in [6.45, 7) is 1.98. The number of ether oxygens (including phenoxy) is 1. The van der Waals surface area contributed by atoms with Gasteiger partial charge < -0.3 is 20.1 Å². The molecule has 0 saturated carbocycles. The number of carboxylic acid groups (broad SMARTS) is 1. The molecule has 0 aromatic heterocycles. The molecule has 0 spiro atoms. The molecule has 1 aromatic rings. The Morgan fingerprint density at radius 2 is 1.95 bits per heavy atom. The second-order valence-electron chi connectivity index (χ2n) is 5.13. The van der Waals surface area contributed by atoms with Crippen LogP contribution in [-0.2, 0) is 9.53 Å². The monoisotopic (exact) mass is 328 g/mol. The lowest BCUT2D eigenvalue weighted by atomic mass is 10.1. The third-order valence-corrected chi connectivity index (χ3v) is 3.47. The van der Waals surface area contributed by atoms with Crippen LogP contribution < -0.4 is 5.32 Å². The van der Waals surface area contributed by atoms with Crippen molar-refractivity contribution in [3.63, 3.8) is 0 Å². The van der Waals surface area contributed by atoms with E-state index < -0.39 is 11.9 Å². The van der Waals surface area contributed by atoms with Crippen LogP contribution in [-0.4, -0.2) is 49.3 Å². The molecule has 2 N–H and O–H groups in total. The largest absolute Gasteiger partial charge is 0.481 e. The van der Waals surface area contributed by atoms with Gasteiger partial charge in [0.2, 0.25) is 0 Å². The van der Waals surface area contributed by atoms with Gasteiger partial charge in [0.05, 0.1) is 18.6 Å². The Balaban J connectivity index is 2.71. The normalized spacial score (nSPS) is 13.3. The maximum atomic E-state index is 12.2. The predicted molar refractivity (Wildman–Crippen MR) is 84.0 cm³/mol. The number of benzene rings is 1. The van der Waals surface area contributed by atoms with Crippen molar-refractivity contribution >= 4 is 23.6 Å². The van der Waals surface area contributed by atoms with Gasteiger partial charge in [0.15, 0.2) is 0 Å². The Kier molecular flexibility index (Phi) is 7.14. The van der Waals surface area contributed by atoms with Gasteiger partial charge in [-0.3, -0.25) is 4.79 Å². The topological polar surface area (TPSA) is 78.9 Å². The van der Waals surface area contributed by atoms with E-state index in [1.54, 1.807) is 33.2 Å². The second kappa shape index (κ2) is 8.60. The zero-order valence-electron chi connectivity index (χ0n) is 12.9. The van der Waals surface area contributed by atoms with Crippen molar-refractivity contribution in [2.45, 2.75) is 13.0 Å². The number of nitrogens with zero attached hydrogens (tertiary/aromatic N) is 1. The molecule has 0 radical (unpaired) electrons. The summed E-state index contributed by atoms with van der Waals surface area (Å²) in [5.74, 6) is -1.57. The summed E-state index contributed by atoms with van der Waals surface area (Å²) >= 11 is 5.85. The molecule has 1 aromatic carbocycles. The first-order valence-electron chi connectivity index (χ1n) is 6.84. The second-order valence-corrected chi connectivity index (χ2v) is 5.57. The summed E-state index contributed by atoms with van der Waals surface area (Å²) in [5.41, 5.74) is 0.860. The van der Waals surface area contributed by atoms with Gasteiger partial charge in [0.25, 0.3) is 0 Å². The van der Waals surface area contributed by atoms with Crippen LogP contribution in [0.4, 0.5) is 4.79 Å². The lowest BCUT2D eigenvalue weighted by Crippen LogP contribution is -2.43. The molecule has 7 heteroatoms. The Morgan fingerprint density at radius 1 is 1.36 bits per heavy atom. The van der Waals surface area contributed by atoms with E-state index in [-0.39, 0.29) is 18.6 Å². The minimum atomic E-state index is -0.939. The van der Waals surface area contributed by atoms with Crippen LogP contribution in [0.25, 0.3) is 0 Å². The predicted octanol–water partition coefficient (Wildman–Crippen LogP) is 2.39. The summed E-state index contributed by atoms with van der Waals surface area (Å²) < 4.78 is 5.13. The molecule has 2 amide bonds. The number of aliphatic carboxylic acids is 1. The number of carbonyl (C=O) groups is 2. The van der Waals surface area contributed by atoms with Crippen LogP contribution in [0.2, 0.25) is 5.02 Å². The molecule has 122 valence electrons. The Hall–Kier alpha value is -1.79. The lowest BCUT2D eigenvalue weighted by molar-refractivity contribution is -0.141. The minimum Gasteiger partial charge on any atom is -0.481 e. The van der Waals surface area contributed by atoms with E-state index in [0.29, 0.717) is 11.6 Å². The first kappa shape index (κ1) is 18.3. The summed E-state index contributed by atoms with van der Waals surface area (Å²) in [7, 11) is 3.10. The van der Waals surface area contributed by atoms with E-state index in [1.807, 2.05) is 12.1 Å². The molecule has 0 aliphatic carbocycles. The van der Waals surface area contributed by atoms with Gasteiger partial charge in [-0.1, -0.05) is 30.7 Å². The van der Waals surface area contributed by atoms with Crippen LogP contribution in [0.1, 0.15) is 18.5 Å². The molecule has 2 unspecified atom stereocenters. The van der Waals surface area contributed by atoms with Crippen molar-refractivity contribution in [2.75, 3.05) is 27.3 Å². The van der Waals surface area contributed by atoms with Gasteiger partial charge in [-0.15, -0.1) is 0 Å². The van der Waals surface area contributed by atoms with E-state index in [9.17, 15) is 9.59 Å². The molecular weight excluding hydrogens is 308 g/mol. The van der Waals surface area contributed by atoms with Gasteiger partial charge in [0.1, 0.15) is 0 Å². The highest BCUT2D eigenvalue weighted by atomic mass is 35.5. The molecule has 0 saturated heterocycles. The highest BCUT2D eigenvalue weighted by Crippen LogP contribution is 2.17. The number of carbonyl (C=O) groups excluding carboxylic acids is 1. The zero-order valence-corrected chi connectivity index (χ0v) is 13.6. The number of amides is 2. The molecule has 0 bridgehead atoms. The average Bonchev–Trinajstić information content (AvgIpc) is 2.47.